The normalized spacial score (nSPS) is 15.1. The van der Waals surface area contributed by atoms with Gasteiger partial charge in [-0.25, -0.2) is 14.8 Å². The maximum Gasteiger partial charge on any atom is 0.317 e. The number of nitrogens with two attached hydrogens (primary N) is 1. The van der Waals surface area contributed by atoms with Crippen LogP contribution in [0.15, 0.2) is 18.5 Å². The molecular formula is C24H31N7O2S. The molecule has 1 aliphatic rings. The van der Waals surface area contributed by atoms with Crippen LogP contribution in [-0.2, 0) is 12.8 Å². The van der Waals surface area contributed by atoms with Crippen LogP contribution in [0.2, 0.25) is 0 Å². The lowest BCUT2D eigenvalue weighted by Crippen LogP contribution is -2.47. The Morgan fingerprint density at radius 1 is 1.41 bits per heavy atom. The van der Waals surface area contributed by atoms with Crippen molar-refractivity contribution in [1.29, 1.82) is 5.41 Å². The first-order valence-electron chi connectivity index (χ1n) is 11.4. The molecule has 0 saturated heterocycles. The summed E-state index contributed by atoms with van der Waals surface area (Å²) in [5.41, 5.74) is 9.08. The van der Waals surface area contributed by atoms with E-state index in [-0.39, 0.29) is 18.1 Å². The summed E-state index contributed by atoms with van der Waals surface area (Å²) in [6.07, 6.45) is 5.24. The highest BCUT2D eigenvalue weighted by Gasteiger charge is 2.27. The quantitative estimate of drug-likeness (QED) is 0.294. The lowest BCUT2D eigenvalue weighted by atomic mass is 9.93. The van der Waals surface area contributed by atoms with Crippen LogP contribution in [0.3, 0.4) is 0 Å². The van der Waals surface area contributed by atoms with Gasteiger partial charge in [0.2, 0.25) is 0 Å². The number of nitrogens with zero attached hydrogens (tertiary/aromatic N) is 3. The van der Waals surface area contributed by atoms with Crippen LogP contribution in [0.25, 0.3) is 10.2 Å². The summed E-state index contributed by atoms with van der Waals surface area (Å²) >= 11 is 1.65. The smallest absolute Gasteiger partial charge is 0.317 e. The first kappa shape index (κ1) is 23.7. The van der Waals surface area contributed by atoms with Gasteiger partial charge in [-0.1, -0.05) is 0 Å². The maximum absolute atomic E-state index is 12.5. The first-order chi connectivity index (χ1) is 16.3. The third-order valence-electron chi connectivity index (χ3n) is 6.16. The van der Waals surface area contributed by atoms with E-state index in [1.807, 2.05) is 27.8 Å². The molecule has 1 aliphatic carbocycles. The molecule has 3 aromatic rings. The Labute approximate surface area is 203 Å². The van der Waals surface area contributed by atoms with Gasteiger partial charge in [0.15, 0.2) is 0 Å². The maximum atomic E-state index is 12.5. The highest BCUT2D eigenvalue weighted by Crippen LogP contribution is 2.40. The van der Waals surface area contributed by atoms with Crippen LogP contribution in [0, 0.1) is 5.41 Å². The number of carbonyl (C=O) groups excluding carboxylic acids is 1. The summed E-state index contributed by atoms with van der Waals surface area (Å²) < 4.78 is 5.78. The Bertz CT molecular complexity index is 1220. The molecule has 2 aromatic heterocycles. The number of ether oxygens (including phenoxy) is 1. The number of fused-ring (bicyclic) bond motifs is 3. The Morgan fingerprint density at radius 2 is 2.21 bits per heavy atom. The van der Waals surface area contributed by atoms with E-state index in [0.717, 1.165) is 29.5 Å². The van der Waals surface area contributed by atoms with E-state index in [0.29, 0.717) is 35.1 Å². The van der Waals surface area contributed by atoms with Gasteiger partial charge in [0.1, 0.15) is 22.7 Å². The number of aryl methyl sites for hydroxylation is 1. The fourth-order valence-corrected chi connectivity index (χ4v) is 5.34. The van der Waals surface area contributed by atoms with Crippen molar-refractivity contribution >= 4 is 51.0 Å². The number of anilines is 3. The minimum atomic E-state index is -0.0412. The monoisotopic (exact) mass is 481 g/mol. The Hall–Kier alpha value is -3.40. The predicted octanol–water partition coefficient (Wildman–Crippen LogP) is 4.32. The number of nitrogen functional groups attached to an aromatic ring is 1. The van der Waals surface area contributed by atoms with Crippen molar-refractivity contribution in [3.05, 3.63) is 34.5 Å². The number of thiophene rings is 1. The van der Waals surface area contributed by atoms with Crippen molar-refractivity contribution in [2.45, 2.75) is 52.1 Å². The number of amides is 2. The standard InChI is InChI=1S/C24H31N7O2S/c1-5-33-19-10-17(26)14(11-25)8-18(19)30-22-21-16-7-6-15(29-24(32)31(4)13(2)3)9-20(16)34-23(21)28-12-27-22/h8,10-13,15,25H,5-7,9,26H2,1-4H3,(H,29,32)(H,27,28,30). The molecule has 9 nitrogen and oxygen atoms in total. The van der Waals surface area contributed by atoms with Crippen LogP contribution in [0.1, 0.15) is 43.2 Å². The zero-order valence-electron chi connectivity index (χ0n) is 19.9. The van der Waals surface area contributed by atoms with Crippen LogP contribution >= 0.6 is 11.3 Å². The molecule has 2 amide bonds. The highest BCUT2D eigenvalue weighted by atomic mass is 32.1. The number of aromatic nitrogens is 2. The van der Waals surface area contributed by atoms with Crippen LogP contribution < -0.4 is 21.1 Å². The van der Waals surface area contributed by atoms with Crippen molar-refractivity contribution in [1.82, 2.24) is 20.2 Å². The molecule has 0 saturated carbocycles. The molecule has 0 fully saturated rings. The molecular weight excluding hydrogens is 450 g/mol. The zero-order chi connectivity index (χ0) is 24.4. The van der Waals surface area contributed by atoms with Crippen molar-refractivity contribution in [2.24, 2.45) is 0 Å². The summed E-state index contributed by atoms with van der Waals surface area (Å²) in [6, 6.07) is 3.73. The van der Waals surface area contributed by atoms with Gasteiger partial charge in [-0.3, -0.25) is 0 Å². The van der Waals surface area contributed by atoms with Crippen LogP contribution in [-0.4, -0.2) is 52.9 Å². The average Bonchev–Trinajstić information content (AvgIpc) is 3.18. The molecule has 1 aromatic carbocycles. The summed E-state index contributed by atoms with van der Waals surface area (Å²) in [4.78, 5) is 25.4. The number of urea groups is 1. The number of rotatable bonds is 7. The van der Waals surface area contributed by atoms with Gasteiger partial charge in [0.25, 0.3) is 0 Å². The molecule has 5 N–H and O–H groups in total. The molecule has 2 heterocycles. The van der Waals surface area contributed by atoms with Crippen molar-refractivity contribution < 1.29 is 9.53 Å². The van der Waals surface area contributed by atoms with E-state index in [1.165, 1.54) is 16.7 Å². The van der Waals surface area contributed by atoms with E-state index in [2.05, 4.69) is 20.6 Å². The molecule has 1 unspecified atom stereocenters. The lowest BCUT2D eigenvalue weighted by Gasteiger charge is -2.28. The second kappa shape index (κ2) is 9.84. The lowest BCUT2D eigenvalue weighted by molar-refractivity contribution is 0.192. The summed E-state index contributed by atoms with van der Waals surface area (Å²) in [5, 5.41) is 15.2. The fraction of sp³-hybridized carbons (Fsp3) is 0.417. The number of nitrogens with one attached hydrogen (secondary N) is 3. The first-order valence-corrected chi connectivity index (χ1v) is 12.3. The SMILES string of the molecule is CCOc1cc(N)c(C=N)cc1Nc1ncnc2sc3c(c12)CCC(NC(=O)N(C)C(C)C)C3. The Morgan fingerprint density at radius 3 is 2.91 bits per heavy atom. The van der Waals surface area contributed by atoms with Gasteiger partial charge in [-0.15, -0.1) is 11.3 Å². The summed E-state index contributed by atoms with van der Waals surface area (Å²) in [6.45, 7) is 6.41. The van der Waals surface area contributed by atoms with E-state index in [9.17, 15) is 4.79 Å². The third kappa shape index (κ3) is 4.63. The molecule has 0 aliphatic heterocycles. The highest BCUT2D eigenvalue weighted by molar-refractivity contribution is 7.19. The van der Waals surface area contributed by atoms with E-state index >= 15 is 0 Å². The van der Waals surface area contributed by atoms with Gasteiger partial charge in [-0.05, 0) is 45.2 Å². The van der Waals surface area contributed by atoms with Crippen LogP contribution in [0.5, 0.6) is 5.75 Å². The van der Waals surface area contributed by atoms with Gasteiger partial charge < -0.3 is 31.4 Å². The number of hydrogen-bond donors (Lipinski definition) is 4. The summed E-state index contributed by atoms with van der Waals surface area (Å²) in [7, 11) is 1.82. The molecule has 0 spiro atoms. The third-order valence-corrected chi connectivity index (χ3v) is 7.32. The molecule has 0 bridgehead atoms. The predicted molar refractivity (Wildman–Crippen MR) is 138 cm³/mol. The number of benzene rings is 1. The molecule has 4 rings (SSSR count). The molecule has 10 heteroatoms. The van der Waals surface area contributed by atoms with E-state index < -0.39 is 0 Å². The van der Waals surface area contributed by atoms with E-state index in [4.69, 9.17) is 15.9 Å². The van der Waals surface area contributed by atoms with E-state index in [1.54, 1.807) is 34.7 Å². The number of carbonyl (C=O) groups is 1. The molecule has 0 radical (unpaired) electrons. The molecule has 180 valence electrons. The second-order valence-electron chi connectivity index (χ2n) is 8.68. The number of hydrogen-bond acceptors (Lipinski definition) is 8. The van der Waals surface area contributed by atoms with Crippen molar-refractivity contribution in [3.8, 4) is 5.75 Å². The molecule has 34 heavy (non-hydrogen) atoms. The van der Waals surface area contributed by atoms with Crippen LogP contribution in [0.4, 0.5) is 22.0 Å². The minimum absolute atomic E-state index is 0.0412. The Balaban J connectivity index is 1.64. The van der Waals surface area contributed by atoms with Gasteiger partial charge in [0.05, 0.1) is 17.7 Å². The molecule has 1 atom stereocenters. The van der Waals surface area contributed by atoms with Crippen molar-refractivity contribution in [2.75, 3.05) is 24.7 Å². The van der Waals surface area contributed by atoms with Gasteiger partial charge in [-0.2, -0.15) is 0 Å². The fourth-order valence-electron chi connectivity index (χ4n) is 4.08. The minimum Gasteiger partial charge on any atom is -0.492 e. The van der Waals surface area contributed by atoms with Gasteiger partial charge in [0, 0.05) is 54.0 Å². The van der Waals surface area contributed by atoms with Crippen molar-refractivity contribution in [3.63, 3.8) is 0 Å². The summed E-state index contributed by atoms with van der Waals surface area (Å²) in [5.74, 6) is 1.31. The second-order valence-corrected chi connectivity index (χ2v) is 9.76. The van der Waals surface area contributed by atoms with Gasteiger partial charge >= 0.3 is 6.03 Å². The topological polar surface area (TPSA) is 129 Å². The average molecular weight is 482 g/mol. The zero-order valence-corrected chi connectivity index (χ0v) is 20.8. The largest absolute Gasteiger partial charge is 0.492 e. The Kier molecular flexibility index (Phi) is 6.87.